The summed E-state index contributed by atoms with van der Waals surface area (Å²) in [5.41, 5.74) is 0. The molecule has 0 radical (unpaired) electrons. The highest BCUT2D eigenvalue weighted by molar-refractivity contribution is 8.14. The minimum Gasteiger partial charge on any atom is -0.375 e. The van der Waals surface area contributed by atoms with E-state index in [0.29, 0.717) is 0 Å². The summed E-state index contributed by atoms with van der Waals surface area (Å²) < 4.78 is 64.0. The lowest BCUT2D eigenvalue weighted by atomic mass is 10.4. The van der Waals surface area contributed by atoms with Gasteiger partial charge in [-0.05, 0) is 27.7 Å². The minimum absolute atomic E-state index is 0.0605. The molecule has 4 atom stereocenters. The van der Waals surface area contributed by atoms with Gasteiger partial charge >= 0.3 is 11.9 Å². The summed E-state index contributed by atoms with van der Waals surface area (Å²) in [7, 11) is 2.78. The molecular weight excluding hydrogens is 519 g/mol. The quantitative estimate of drug-likeness (QED) is 0.152. The Balaban J connectivity index is 4.10. The number of hydrogen-bond donors (Lipinski definition) is 0. The van der Waals surface area contributed by atoms with E-state index >= 15 is 0 Å². The van der Waals surface area contributed by atoms with Crippen LogP contribution in [0.4, 0.5) is 0 Å². The molecule has 16 heteroatoms. The molecule has 0 saturated heterocycles. The van der Waals surface area contributed by atoms with Gasteiger partial charge in [-0.1, -0.05) is 0 Å². The van der Waals surface area contributed by atoms with Gasteiger partial charge in [0.05, 0.1) is 50.1 Å². The summed E-state index contributed by atoms with van der Waals surface area (Å²) in [5.74, 6) is -2.71. The Labute approximate surface area is 196 Å². The first-order valence-corrected chi connectivity index (χ1v) is 14.3. The Morgan fingerprint density at radius 3 is 1.25 bits per heavy atom. The van der Waals surface area contributed by atoms with Gasteiger partial charge in [-0.2, -0.15) is 0 Å². The molecule has 0 spiro atoms. The molecule has 0 N–H and O–H groups in total. The van der Waals surface area contributed by atoms with Crippen LogP contribution in [0, 0.1) is 0 Å². The number of ether oxygens (including phenoxy) is 4. The molecule has 0 aromatic heterocycles. The predicted octanol–water partition coefficient (Wildman–Crippen LogP) is 0.745. The molecule has 0 aliphatic heterocycles. The van der Waals surface area contributed by atoms with Crippen molar-refractivity contribution in [3.63, 3.8) is 0 Å². The Morgan fingerprint density at radius 2 is 0.969 bits per heavy atom. The van der Waals surface area contributed by atoms with Crippen molar-refractivity contribution in [1.29, 1.82) is 0 Å². The number of carbonyl (C=O) groups excluding carboxylic acids is 2. The summed E-state index contributed by atoms with van der Waals surface area (Å²) in [5, 5.41) is 0. The summed E-state index contributed by atoms with van der Waals surface area (Å²) in [6.45, 7) is 5.50. The first-order valence-electron chi connectivity index (χ1n) is 9.34. The van der Waals surface area contributed by atoms with Crippen LogP contribution in [-0.4, -0.2) is 91.1 Å². The number of rotatable bonds is 16. The van der Waals surface area contributed by atoms with Crippen LogP contribution < -0.4 is 0 Å². The van der Waals surface area contributed by atoms with Crippen molar-refractivity contribution in [2.75, 3.05) is 37.9 Å². The van der Waals surface area contributed by atoms with E-state index in [1.807, 2.05) is 0 Å². The van der Waals surface area contributed by atoms with E-state index in [4.69, 9.17) is 40.3 Å². The Bertz CT molecular complexity index is 721. The zero-order chi connectivity index (χ0) is 24.9. The molecule has 0 rings (SSSR count). The van der Waals surface area contributed by atoms with Crippen LogP contribution in [0.3, 0.4) is 0 Å². The predicted molar refractivity (Wildman–Crippen MR) is 113 cm³/mol. The van der Waals surface area contributed by atoms with Crippen molar-refractivity contribution in [2.24, 2.45) is 0 Å². The van der Waals surface area contributed by atoms with Crippen molar-refractivity contribution in [3.8, 4) is 0 Å². The van der Waals surface area contributed by atoms with Gasteiger partial charge in [-0.3, -0.25) is 0 Å². The minimum atomic E-state index is -3.67. The maximum Gasteiger partial charge on any atom is 0.383 e. The zero-order valence-corrected chi connectivity index (χ0v) is 21.2. The number of carbonyl (C=O) groups is 2. The standard InChI is InChI=1S/C16H28Cl2O12S2/c1-11(25-5-7-31(17,21)22)9-27-13(3)15(19)29-30-16(20)14(4)28-10-12(2)26-6-8-32(18,23)24/h11-14H,5-10H2,1-4H3. The van der Waals surface area contributed by atoms with Gasteiger partial charge in [-0.25, -0.2) is 36.2 Å². The van der Waals surface area contributed by atoms with E-state index in [9.17, 15) is 26.4 Å². The SMILES string of the molecule is CC(COC(C)C(=O)OOC(=O)C(C)OCC(C)OCCS(=O)(=O)Cl)OCCS(=O)(=O)Cl. The third kappa shape index (κ3) is 17.8. The fraction of sp³-hybridized carbons (Fsp3) is 0.875. The highest BCUT2D eigenvalue weighted by Crippen LogP contribution is 2.05. The topological polar surface area (TPSA) is 158 Å². The van der Waals surface area contributed by atoms with Crippen LogP contribution in [0.5, 0.6) is 0 Å². The van der Waals surface area contributed by atoms with E-state index in [0.717, 1.165) is 0 Å². The summed E-state index contributed by atoms with van der Waals surface area (Å²) in [6, 6.07) is 0. The van der Waals surface area contributed by atoms with Crippen molar-refractivity contribution in [1.82, 2.24) is 0 Å². The number of halogens is 2. The number of hydrogen-bond acceptors (Lipinski definition) is 12. The van der Waals surface area contributed by atoms with E-state index in [-0.39, 0.29) is 37.9 Å². The fourth-order valence-corrected chi connectivity index (χ4v) is 2.68. The van der Waals surface area contributed by atoms with Crippen LogP contribution in [0.1, 0.15) is 27.7 Å². The van der Waals surface area contributed by atoms with Crippen LogP contribution in [0.2, 0.25) is 0 Å². The molecule has 4 unspecified atom stereocenters. The largest absolute Gasteiger partial charge is 0.383 e. The summed E-state index contributed by atoms with van der Waals surface area (Å²) in [6.07, 6.45) is -3.27. The molecular formula is C16H28Cl2O12S2. The molecule has 0 aliphatic rings. The highest BCUT2D eigenvalue weighted by atomic mass is 35.7. The lowest BCUT2D eigenvalue weighted by molar-refractivity contribution is -0.271. The van der Waals surface area contributed by atoms with Crippen molar-refractivity contribution in [2.45, 2.75) is 52.1 Å². The van der Waals surface area contributed by atoms with Crippen LogP contribution in [0.25, 0.3) is 0 Å². The average molecular weight is 547 g/mol. The van der Waals surface area contributed by atoms with Crippen molar-refractivity contribution in [3.05, 3.63) is 0 Å². The molecule has 0 saturated carbocycles. The van der Waals surface area contributed by atoms with Gasteiger partial charge in [0.1, 0.15) is 0 Å². The molecule has 0 aliphatic carbocycles. The van der Waals surface area contributed by atoms with Gasteiger partial charge in [-0.15, -0.1) is 0 Å². The molecule has 32 heavy (non-hydrogen) atoms. The van der Waals surface area contributed by atoms with Gasteiger partial charge in [0.15, 0.2) is 12.2 Å². The van der Waals surface area contributed by atoms with E-state index < -0.39 is 54.5 Å². The molecule has 190 valence electrons. The monoisotopic (exact) mass is 546 g/mol. The second-order valence-electron chi connectivity index (χ2n) is 6.60. The Morgan fingerprint density at radius 1 is 0.656 bits per heavy atom. The van der Waals surface area contributed by atoms with E-state index in [1.54, 1.807) is 13.8 Å². The molecule has 0 heterocycles. The molecule has 0 aromatic carbocycles. The van der Waals surface area contributed by atoms with Gasteiger partial charge in [0.25, 0.3) is 0 Å². The van der Waals surface area contributed by atoms with Crippen molar-refractivity contribution >= 4 is 51.4 Å². The molecule has 0 fully saturated rings. The van der Waals surface area contributed by atoms with E-state index in [1.165, 1.54) is 13.8 Å². The molecule has 12 nitrogen and oxygen atoms in total. The lowest BCUT2D eigenvalue weighted by Gasteiger charge is -2.17. The van der Waals surface area contributed by atoms with Gasteiger partial charge < -0.3 is 18.9 Å². The second kappa shape index (κ2) is 15.2. The van der Waals surface area contributed by atoms with Crippen LogP contribution >= 0.6 is 21.4 Å². The smallest absolute Gasteiger partial charge is 0.375 e. The molecule has 0 amide bonds. The Hall–Kier alpha value is -0.740. The van der Waals surface area contributed by atoms with Gasteiger partial charge in [0.2, 0.25) is 18.1 Å². The molecule has 0 bridgehead atoms. The average Bonchev–Trinajstić information content (AvgIpc) is 2.65. The van der Waals surface area contributed by atoms with Crippen molar-refractivity contribution < 1.29 is 55.1 Å². The molecule has 0 aromatic rings. The fourth-order valence-electron chi connectivity index (χ4n) is 1.71. The summed E-state index contributed by atoms with van der Waals surface area (Å²) >= 11 is 0. The van der Waals surface area contributed by atoms with Crippen LogP contribution in [-0.2, 0) is 56.4 Å². The van der Waals surface area contributed by atoms with E-state index in [2.05, 4.69) is 9.78 Å². The Kier molecular flexibility index (Phi) is 14.9. The second-order valence-corrected chi connectivity index (χ2v) is 12.4. The van der Waals surface area contributed by atoms with Gasteiger partial charge in [0, 0.05) is 21.4 Å². The lowest BCUT2D eigenvalue weighted by Crippen LogP contribution is -2.32. The third-order valence-corrected chi connectivity index (χ3v) is 5.73. The zero-order valence-electron chi connectivity index (χ0n) is 18.0. The van der Waals surface area contributed by atoms with Crippen LogP contribution in [0.15, 0.2) is 0 Å². The highest BCUT2D eigenvalue weighted by Gasteiger charge is 2.23. The normalized spacial score (nSPS) is 16.1. The maximum atomic E-state index is 11.8. The first kappa shape index (κ1) is 31.3. The summed E-state index contributed by atoms with van der Waals surface area (Å²) in [4.78, 5) is 32.4. The first-order chi connectivity index (χ1) is 14.6. The maximum absolute atomic E-state index is 11.8. The third-order valence-electron chi connectivity index (χ3n) is 3.49.